The van der Waals surface area contributed by atoms with Gasteiger partial charge in [0.2, 0.25) is 0 Å². The van der Waals surface area contributed by atoms with Crippen LogP contribution in [0, 0.1) is 5.92 Å². The average molecular weight is 276 g/mol. The molecule has 1 aliphatic rings. The quantitative estimate of drug-likeness (QED) is 0.919. The maximum atomic E-state index is 5.96. The van der Waals surface area contributed by atoms with Crippen LogP contribution in [0.3, 0.4) is 0 Å². The van der Waals surface area contributed by atoms with E-state index >= 15 is 0 Å². The summed E-state index contributed by atoms with van der Waals surface area (Å²) in [7, 11) is 0. The molecule has 1 saturated heterocycles. The molecule has 1 aromatic heterocycles. The highest BCUT2D eigenvalue weighted by Gasteiger charge is 2.23. The first kappa shape index (κ1) is 15.1. The smallest absolute Gasteiger partial charge is 0.138 e. The van der Waals surface area contributed by atoms with Crippen LogP contribution in [0.5, 0.6) is 0 Å². The van der Waals surface area contributed by atoms with Crippen LogP contribution in [-0.4, -0.2) is 23.1 Å². The van der Waals surface area contributed by atoms with Crippen LogP contribution in [0.25, 0.3) is 0 Å². The molecular formula is C16H28N4. The van der Waals surface area contributed by atoms with E-state index in [2.05, 4.69) is 37.6 Å². The highest BCUT2D eigenvalue weighted by Crippen LogP contribution is 2.27. The number of nitrogens with two attached hydrogens (primary N) is 1. The average Bonchev–Trinajstić information content (AvgIpc) is 2.38. The first-order valence-electron chi connectivity index (χ1n) is 7.80. The first-order chi connectivity index (χ1) is 9.40. The summed E-state index contributed by atoms with van der Waals surface area (Å²) in [5.41, 5.74) is 5.90. The second-order valence-corrected chi connectivity index (χ2v) is 6.94. The minimum atomic E-state index is -0.0648. The van der Waals surface area contributed by atoms with Gasteiger partial charge in [-0.05, 0) is 18.8 Å². The molecule has 4 heteroatoms. The van der Waals surface area contributed by atoms with Crippen LogP contribution in [-0.2, 0) is 5.41 Å². The monoisotopic (exact) mass is 276 g/mol. The molecule has 0 unspecified atom stereocenters. The van der Waals surface area contributed by atoms with Gasteiger partial charge in [-0.1, -0.05) is 40.5 Å². The molecule has 2 heterocycles. The second kappa shape index (κ2) is 5.98. The zero-order valence-electron chi connectivity index (χ0n) is 13.3. The Morgan fingerprint density at radius 1 is 1.25 bits per heavy atom. The molecule has 1 aromatic rings. The van der Waals surface area contributed by atoms with Gasteiger partial charge < -0.3 is 10.6 Å². The Morgan fingerprint density at radius 3 is 2.45 bits per heavy atom. The zero-order valence-corrected chi connectivity index (χ0v) is 13.3. The lowest BCUT2D eigenvalue weighted by atomic mass is 9.92. The van der Waals surface area contributed by atoms with Gasteiger partial charge in [0.1, 0.15) is 17.5 Å². The minimum Gasteiger partial charge on any atom is -0.384 e. The van der Waals surface area contributed by atoms with Crippen molar-refractivity contribution in [2.45, 2.75) is 58.8 Å². The van der Waals surface area contributed by atoms with Gasteiger partial charge in [0.15, 0.2) is 0 Å². The number of anilines is 2. The summed E-state index contributed by atoms with van der Waals surface area (Å²) in [5, 5.41) is 0. The molecule has 2 rings (SSSR count). The van der Waals surface area contributed by atoms with E-state index < -0.39 is 0 Å². The van der Waals surface area contributed by atoms with Gasteiger partial charge in [0.25, 0.3) is 0 Å². The van der Waals surface area contributed by atoms with Crippen molar-refractivity contribution in [3.63, 3.8) is 0 Å². The summed E-state index contributed by atoms with van der Waals surface area (Å²) in [4.78, 5) is 11.5. The molecule has 112 valence electrons. The number of piperidine rings is 1. The molecule has 0 aromatic carbocycles. The van der Waals surface area contributed by atoms with Crippen molar-refractivity contribution in [1.29, 1.82) is 0 Å². The van der Waals surface area contributed by atoms with Gasteiger partial charge in [0.05, 0.1) is 0 Å². The SMILES string of the molecule is CCCC1CCN(c2cc(N)nc(C(C)(C)C)n2)CC1. The van der Waals surface area contributed by atoms with Crippen LogP contribution >= 0.6 is 0 Å². The van der Waals surface area contributed by atoms with Gasteiger partial charge in [-0.2, -0.15) is 0 Å². The summed E-state index contributed by atoms with van der Waals surface area (Å²) in [6, 6.07) is 1.91. The predicted octanol–water partition coefficient (Wildman–Crippen LogP) is 3.37. The fraction of sp³-hybridized carbons (Fsp3) is 0.750. The van der Waals surface area contributed by atoms with Crippen molar-refractivity contribution in [2.24, 2.45) is 5.92 Å². The van der Waals surface area contributed by atoms with Gasteiger partial charge in [0, 0.05) is 24.6 Å². The topological polar surface area (TPSA) is 55.0 Å². The Morgan fingerprint density at radius 2 is 1.90 bits per heavy atom. The summed E-state index contributed by atoms with van der Waals surface area (Å²) in [6.45, 7) is 10.8. The molecule has 0 saturated carbocycles. The minimum absolute atomic E-state index is 0.0648. The molecule has 4 nitrogen and oxygen atoms in total. The van der Waals surface area contributed by atoms with Crippen LogP contribution in [0.15, 0.2) is 6.07 Å². The molecule has 0 spiro atoms. The molecule has 0 amide bonds. The number of hydrogen-bond acceptors (Lipinski definition) is 4. The lowest BCUT2D eigenvalue weighted by Crippen LogP contribution is -2.35. The van der Waals surface area contributed by atoms with Crippen LogP contribution in [0.4, 0.5) is 11.6 Å². The van der Waals surface area contributed by atoms with Crippen LogP contribution in [0.1, 0.15) is 59.2 Å². The van der Waals surface area contributed by atoms with E-state index in [1.807, 2.05) is 6.07 Å². The largest absolute Gasteiger partial charge is 0.384 e. The van der Waals surface area contributed by atoms with Gasteiger partial charge in [-0.25, -0.2) is 9.97 Å². The third-order valence-corrected chi connectivity index (χ3v) is 4.04. The van der Waals surface area contributed by atoms with Gasteiger partial charge in [-0.15, -0.1) is 0 Å². The standard InChI is InChI=1S/C16H28N4/c1-5-6-12-7-9-20(10-8-12)14-11-13(17)18-15(19-14)16(2,3)4/h11-12H,5-10H2,1-4H3,(H2,17,18,19). The normalized spacial score (nSPS) is 17.5. The molecule has 0 bridgehead atoms. The van der Waals surface area contributed by atoms with Gasteiger partial charge in [-0.3, -0.25) is 0 Å². The molecule has 0 radical (unpaired) electrons. The second-order valence-electron chi connectivity index (χ2n) is 6.94. The fourth-order valence-corrected chi connectivity index (χ4v) is 2.81. The van der Waals surface area contributed by atoms with E-state index in [4.69, 9.17) is 10.7 Å². The van der Waals surface area contributed by atoms with E-state index in [1.54, 1.807) is 0 Å². The summed E-state index contributed by atoms with van der Waals surface area (Å²) >= 11 is 0. The van der Waals surface area contributed by atoms with Crippen molar-refractivity contribution >= 4 is 11.6 Å². The Kier molecular flexibility index (Phi) is 4.51. The van der Waals surface area contributed by atoms with Crippen molar-refractivity contribution < 1.29 is 0 Å². The fourth-order valence-electron chi connectivity index (χ4n) is 2.81. The maximum Gasteiger partial charge on any atom is 0.138 e. The number of aromatic nitrogens is 2. The lowest BCUT2D eigenvalue weighted by molar-refractivity contribution is 0.377. The van der Waals surface area contributed by atoms with E-state index in [0.29, 0.717) is 5.82 Å². The highest BCUT2D eigenvalue weighted by molar-refractivity contribution is 5.47. The molecule has 1 fully saturated rings. The van der Waals surface area contributed by atoms with E-state index in [-0.39, 0.29) is 5.41 Å². The Labute approximate surface area is 122 Å². The van der Waals surface area contributed by atoms with Crippen molar-refractivity contribution in [1.82, 2.24) is 9.97 Å². The summed E-state index contributed by atoms with van der Waals surface area (Å²) in [5.74, 6) is 3.30. The molecule has 1 aliphatic heterocycles. The zero-order chi connectivity index (χ0) is 14.8. The predicted molar refractivity (Wildman–Crippen MR) is 85.0 cm³/mol. The highest BCUT2D eigenvalue weighted by atomic mass is 15.2. The number of nitrogens with zero attached hydrogens (tertiary/aromatic N) is 3. The number of nitrogen functional groups attached to an aromatic ring is 1. The van der Waals surface area contributed by atoms with E-state index in [9.17, 15) is 0 Å². The summed E-state index contributed by atoms with van der Waals surface area (Å²) < 4.78 is 0. The Hall–Kier alpha value is -1.32. The van der Waals surface area contributed by atoms with Crippen molar-refractivity contribution in [3.8, 4) is 0 Å². The summed E-state index contributed by atoms with van der Waals surface area (Å²) in [6.07, 6.45) is 5.18. The molecular weight excluding hydrogens is 248 g/mol. The Bertz CT molecular complexity index is 442. The van der Waals surface area contributed by atoms with Gasteiger partial charge >= 0.3 is 0 Å². The lowest BCUT2D eigenvalue weighted by Gasteiger charge is -2.33. The van der Waals surface area contributed by atoms with Crippen LogP contribution < -0.4 is 10.6 Å². The van der Waals surface area contributed by atoms with E-state index in [0.717, 1.165) is 30.6 Å². The van der Waals surface area contributed by atoms with Crippen molar-refractivity contribution in [2.75, 3.05) is 23.7 Å². The van der Waals surface area contributed by atoms with E-state index in [1.165, 1.54) is 25.7 Å². The molecule has 0 atom stereocenters. The third kappa shape index (κ3) is 3.62. The Balaban J connectivity index is 2.12. The molecule has 0 aliphatic carbocycles. The van der Waals surface area contributed by atoms with Crippen molar-refractivity contribution in [3.05, 3.63) is 11.9 Å². The first-order valence-corrected chi connectivity index (χ1v) is 7.80. The molecule has 2 N–H and O–H groups in total. The number of rotatable bonds is 3. The molecule has 20 heavy (non-hydrogen) atoms. The third-order valence-electron chi connectivity index (χ3n) is 4.04. The van der Waals surface area contributed by atoms with Crippen LogP contribution in [0.2, 0.25) is 0 Å². The maximum absolute atomic E-state index is 5.96. The number of hydrogen-bond donors (Lipinski definition) is 1.